The minimum atomic E-state index is -0.958. The summed E-state index contributed by atoms with van der Waals surface area (Å²) in [6.45, 7) is 5.67. The van der Waals surface area contributed by atoms with Crippen molar-refractivity contribution in [3.63, 3.8) is 0 Å². The van der Waals surface area contributed by atoms with E-state index in [1.165, 1.54) is 19.3 Å². The van der Waals surface area contributed by atoms with E-state index in [4.69, 9.17) is 16.3 Å². The number of fused-ring (bicyclic) bond motifs is 2. The summed E-state index contributed by atoms with van der Waals surface area (Å²) >= 11 is 6.34. The molecule has 0 aromatic carbocycles. The van der Waals surface area contributed by atoms with Gasteiger partial charge in [0.25, 0.3) is 0 Å². The Morgan fingerprint density at radius 1 is 1.30 bits per heavy atom. The Balaban J connectivity index is 1.54. The number of rotatable bonds is 3. The summed E-state index contributed by atoms with van der Waals surface area (Å²) in [7, 11) is 0. The summed E-state index contributed by atoms with van der Waals surface area (Å²) in [6, 6.07) is 1.90. The third-order valence-electron chi connectivity index (χ3n) is 6.35. The first-order chi connectivity index (χ1) is 13.1. The van der Waals surface area contributed by atoms with E-state index in [0.29, 0.717) is 16.4 Å². The summed E-state index contributed by atoms with van der Waals surface area (Å²) in [5, 5.41) is 25.6. The molecule has 2 aliphatic heterocycles. The Hall–Kier alpha value is -1.67. The first-order valence-corrected chi connectivity index (χ1v) is 9.86. The molecule has 0 spiro atoms. The normalized spacial score (nSPS) is 33.4. The predicted molar refractivity (Wildman–Crippen MR) is 102 cm³/mol. The van der Waals surface area contributed by atoms with Gasteiger partial charge in [-0.2, -0.15) is 5.10 Å². The maximum Gasteiger partial charge on any atom is 0.183 e. The maximum atomic E-state index is 10.5. The molecular weight excluding hydrogens is 368 g/mol. The van der Waals surface area contributed by atoms with Crippen molar-refractivity contribution in [3.05, 3.63) is 29.6 Å². The van der Waals surface area contributed by atoms with E-state index in [1.54, 1.807) is 10.9 Å². The summed E-state index contributed by atoms with van der Waals surface area (Å²) in [4.78, 5) is 6.84. The highest BCUT2D eigenvalue weighted by molar-refractivity contribution is 6.30. The van der Waals surface area contributed by atoms with E-state index in [1.807, 2.05) is 6.07 Å². The van der Waals surface area contributed by atoms with E-state index >= 15 is 0 Å². The van der Waals surface area contributed by atoms with Crippen molar-refractivity contribution < 1.29 is 14.9 Å². The average molecular weight is 391 g/mol. The van der Waals surface area contributed by atoms with Gasteiger partial charge >= 0.3 is 0 Å². The van der Waals surface area contributed by atoms with E-state index in [-0.39, 0.29) is 6.61 Å². The van der Waals surface area contributed by atoms with Crippen LogP contribution in [0.1, 0.15) is 25.5 Å². The molecule has 5 rings (SSSR count). The number of aliphatic hydroxyl groups excluding tert-OH is 2. The summed E-state index contributed by atoms with van der Waals surface area (Å²) in [5.41, 5.74) is 2.06. The number of aromatic nitrogens is 3. The van der Waals surface area contributed by atoms with Gasteiger partial charge in [-0.05, 0) is 36.3 Å². The van der Waals surface area contributed by atoms with Crippen molar-refractivity contribution in [2.45, 2.75) is 37.7 Å². The van der Waals surface area contributed by atoms with Gasteiger partial charge in [0.2, 0.25) is 0 Å². The molecule has 0 amide bonds. The first kappa shape index (κ1) is 17.4. The minimum Gasteiger partial charge on any atom is -0.393 e. The zero-order valence-electron chi connectivity index (χ0n) is 15.0. The SMILES string of the molecule is C=C1[C@@H](O)[C@H](n2ncc3c(N4C[C@H]5CCC[C@H]5C4)cc(Cl)nc32)O[C@@H]1CO. The van der Waals surface area contributed by atoms with Crippen molar-refractivity contribution >= 4 is 28.3 Å². The molecule has 7 nitrogen and oxygen atoms in total. The summed E-state index contributed by atoms with van der Waals surface area (Å²) in [5.74, 6) is 1.52. The van der Waals surface area contributed by atoms with E-state index in [0.717, 1.165) is 36.0 Å². The second-order valence-electron chi connectivity index (χ2n) is 7.86. The molecule has 1 aliphatic carbocycles. The largest absolute Gasteiger partial charge is 0.393 e. The summed E-state index contributed by atoms with van der Waals surface area (Å²) < 4.78 is 7.31. The molecular formula is C19H23ClN4O3. The number of ether oxygens (including phenoxy) is 1. The van der Waals surface area contributed by atoms with Gasteiger partial charge in [-0.1, -0.05) is 24.6 Å². The van der Waals surface area contributed by atoms with Gasteiger partial charge in [-0.25, -0.2) is 9.67 Å². The zero-order chi connectivity index (χ0) is 18.7. The van der Waals surface area contributed by atoms with Gasteiger partial charge in [0.15, 0.2) is 11.9 Å². The Morgan fingerprint density at radius 3 is 2.70 bits per heavy atom. The molecule has 3 fully saturated rings. The molecule has 8 heteroatoms. The van der Waals surface area contributed by atoms with Gasteiger partial charge in [0, 0.05) is 13.1 Å². The second-order valence-corrected chi connectivity index (χ2v) is 8.25. The van der Waals surface area contributed by atoms with Crippen molar-refractivity contribution in [2.75, 3.05) is 24.6 Å². The second kappa shape index (κ2) is 6.44. The first-order valence-electron chi connectivity index (χ1n) is 9.48. The van der Waals surface area contributed by atoms with E-state index in [9.17, 15) is 10.2 Å². The molecule has 5 atom stereocenters. The number of nitrogens with zero attached hydrogens (tertiary/aromatic N) is 4. The molecule has 1 saturated carbocycles. The van der Waals surface area contributed by atoms with Gasteiger partial charge in [0.1, 0.15) is 17.4 Å². The highest BCUT2D eigenvalue weighted by Gasteiger charge is 2.41. The molecule has 4 heterocycles. The van der Waals surface area contributed by atoms with Crippen molar-refractivity contribution in [3.8, 4) is 0 Å². The van der Waals surface area contributed by atoms with E-state index in [2.05, 4.69) is 21.6 Å². The van der Waals surface area contributed by atoms with Crippen molar-refractivity contribution in [1.82, 2.24) is 14.8 Å². The number of anilines is 1. The fourth-order valence-electron chi connectivity index (χ4n) is 4.91. The Labute approximate surface area is 162 Å². The van der Waals surface area contributed by atoms with Crippen LogP contribution in [0.3, 0.4) is 0 Å². The average Bonchev–Trinajstić information content (AvgIpc) is 3.39. The van der Waals surface area contributed by atoms with Crippen molar-refractivity contribution in [1.29, 1.82) is 0 Å². The standard InChI is InChI=1S/C19H23ClN4O3/c1-10-15(9-25)27-19(17(10)26)24-18-13(6-21-24)14(5-16(20)22-18)23-7-11-3-2-4-12(11)8-23/h5-6,11-12,15,17,19,25-26H,1-4,7-9H2/t11-,12+,15-,17-,19-/m1/s1. The minimum absolute atomic E-state index is 0.235. The Morgan fingerprint density at radius 2 is 2.04 bits per heavy atom. The lowest BCUT2D eigenvalue weighted by atomic mass is 10.0. The lowest BCUT2D eigenvalue weighted by molar-refractivity contribution is -0.0545. The monoisotopic (exact) mass is 390 g/mol. The quantitative estimate of drug-likeness (QED) is 0.617. The highest BCUT2D eigenvalue weighted by atomic mass is 35.5. The van der Waals surface area contributed by atoms with Crippen LogP contribution in [0, 0.1) is 11.8 Å². The van der Waals surface area contributed by atoms with Crippen molar-refractivity contribution in [2.24, 2.45) is 11.8 Å². The molecule has 144 valence electrons. The molecule has 0 bridgehead atoms. The molecule has 0 radical (unpaired) electrons. The molecule has 27 heavy (non-hydrogen) atoms. The topological polar surface area (TPSA) is 83.6 Å². The number of halogens is 1. The van der Waals surface area contributed by atoms with Gasteiger partial charge in [-0.15, -0.1) is 0 Å². The van der Waals surface area contributed by atoms with Crippen LogP contribution in [0.25, 0.3) is 11.0 Å². The fourth-order valence-corrected chi connectivity index (χ4v) is 5.09. The van der Waals surface area contributed by atoms with Crippen LogP contribution < -0.4 is 4.90 Å². The lowest BCUT2D eigenvalue weighted by Crippen LogP contribution is -2.22. The third kappa shape index (κ3) is 2.68. The highest BCUT2D eigenvalue weighted by Crippen LogP contribution is 2.42. The van der Waals surface area contributed by atoms with Gasteiger partial charge in [-0.3, -0.25) is 0 Å². The number of pyridine rings is 1. The fraction of sp³-hybridized carbons (Fsp3) is 0.579. The number of hydrogen-bond donors (Lipinski definition) is 2. The Bertz CT molecular complexity index is 888. The van der Waals surface area contributed by atoms with Crippen LogP contribution in [0.4, 0.5) is 5.69 Å². The molecule has 2 aromatic rings. The smallest absolute Gasteiger partial charge is 0.183 e. The number of hydrogen-bond acceptors (Lipinski definition) is 6. The molecule has 2 aromatic heterocycles. The van der Waals surface area contributed by atoms with Gasteiger partial charge in [0.05, 0.1) is 23.9 Å². The number of aliphatic hydroxyl groups is 2. The lowest BCUT2D eigenvalue weighted by Gasteiger charge is -2.21. The van der Waals surface area contributed by atoms with Crippen LogP contribution in [0.15, 0.2) is 24.4 Å². The van der Waals surface area contributed by atoms with Gasteiger partial charge < -0.3 is 19.8 Å². The third-order valence-corrected chi connectivity index (χ3v) is 6.55. The van der Waals surface area contributed by atoms with Crippen LogP contribution >= 0.6 is 11.6 Å². The van der Waals surface area contributed by atoms with Crippen LogP contribution in [-0.4, -0.2) is 56.9 Å². The zero-order valence-corrected chi connectivity index (χ0v) is 15.7. The summed E-state index contributed by atoms with van der Waals surface area (Å²) in [6.07, 6.45) is 3.35. The van der Waals surface area contributed by atoms with Crippen LogP contribution in [-0.2, 0) is 4.74 Å². The molecule has 3 aliphatic rings. The predicted octanol–water partition coefficient (Wildman–Crippen LogP) is 2.13. The molecule has 2 N–H and O–H groups in total. The maximum absolute atomic E-state index is 10.5. The molecule has 0 unspecified atom stereocenters. The van der Waals surface area contributed by atoms with E-state index < -0.39 is 18.4 Å². The molecule has 2 saturated heterocycles. The van der Waals surface area contributed by atoms with Crippen LogP contribution in [0.2, 0.25) is 5.15 Å². The Kier molecular flexibility index (Phi) is 4.16. The van der Waals surface area contributed by atoms with Crippen LogP contribution in [0.5, 0.6) is 0 Å².